The maximum absolute atomic E-state index is 12.1. The topological polar surface area (TPSA) is 67.2 Å². The van der Waals surface area contributed by atoms with Crippen molar-refractivity contribution in [1.82, 2.24) is 10.3 Å². The Labute approximate surface area is 117 Å². The van der Waals surface area contributed by atoms with Gasteiger partial charge in [0.25, 0.3) is 0 Å². The fraction of sp³-hybridized carbons (Fsp3) is 0.333. The molecule has 0 radical (unpaired) electrons. The lowest BCUT2D eigenvalue weighted by Gasteiger charge is -2.15. The van der Waals surface area contributed by atoms with E-state index in [1.807, 2.05) is 24.3 Å². The van der Waals surface area contributed by atoms with Crippen molar-refractivity contribution in [3.8, 4) is 11.3 Å². The predicted octanol–water partition coefficient (Wildman–Crippen LogP) is 2.28. The highest BCUT2D eigenvalue weighted by Gasteiger charge is 2.29. The Morgan fingerprint density at radius 2 is 2.20 bits per heavy atom. The van der Waals surface area contributed by atoms with Crippen LogP contribution in [0.5, 0.6) is 0 Å². The number of rotatable bonds is 3. The first kappa shape index (κ1) is 12.9. The average Bonchev–Trinajstić information content (AvgIpc) is 3.10. The second-order valence-electron chi connectivity index (χ2n) is 5.13. The summed E-state index contributed by atoms with van der Waals surface area (Å²) in [4.78, 5) is 16.0. The van der Waals surface area contributed by atoms with Crippen molar-refractivity contribution in [2.24, 2.45) is 5.92 Å². The molecular formula is C15H17N3O2. The highest BCUT2D eigenvalue weighted by molar-refractivity contribution is 5.95. The highest BCUT2D eigenvalue weighted by Crippen LogP contribution is 2.21. The number of hydrogen-bond acceptors (Lipinski definition) is 4. The summed E-state index contributed by atoms with van der Waals surface area (Å²) in [6.07, 6.45) is 4.11. The molecule has 1 saturated heterocycles. The van der Waals surface area contributed by atoms with Gasteiger partial charge in [0, 0.05) is 11.3 Å². The van der Waals surface area contributed by atoms with E-state index in [0.29, 0.717) is 11.7 Å². The van der Waals surface area contributed by atoms with Gasteiger partial charge in [0.2, 0.25) is 5.91 Å². The normalized spacial score (nSPS) is 21.9. The lowest BCUT2D eigenvalue weighted by molar-refractivity contribution is -0.118. The van der Waals surface area contributed by atoms with Gasteiger partial charge in [-0.1, -0.05) is 6.92 Å². The molecular weight excluding hydrogens is 254 g/mol. The van der Waals surface area contributed by atoms with Crippen LogP contribution in [-0.4, -0.2) is 23.5 Å². The van der Waals surface area contributed by atoms with E-state index < -0.39 is 0 Å². The van der Waals surface area contributed by atoms with Crippen LogP contribution in [0.4, 0.5) is 5.69 Å². The van der Waals surface area contributed by atoms with Crippen LogP contribution in [0.1, 0.15) is 13.3 Å². The minimum atomic E-state index is -0.0936. The lowest BCUT2D eigenvalue weighted by Crippen LogP contribution is -2.39. The fourth-order valence-electron chi connectivity index (χ4n) is 2.48. The molecule has 104 valence electrons. The van der Waals surface area contributed by atoms with Gasteiger partial charge in [-0.3, -0.25) is 4.79 Å². The first-order chi connectivity index (χ1) is 9.74. The van der Waals surface area contributed by atoms with E-state index in [0.717, 1.165) is 24.2 Å². The number of hydrogen-bond donors (Lipinski definition) is 2. The van der Waals surface area contributed by atoms with Gasteiger partial charge in [-0.15, -0.1) is 0 Å². The molecule has 2 N–H and O–H groups in total. The zero-order chi connectivity index (χ0) is 13.9. The molecule has 0 aliphatic carbocycles. The molecule has 2 atom stereocenters. The van der Waals surface area contributed by atoms with E-state index in [9.17, 15) is 4.79 Å². The Bertz CT molecular complexity index is 578. The van der Waals surface area contributed by atoms with Crippen molar-refractivity contribution >= 4 is 11.6 Å². The van der Waals surface area contributed by atoms with Gasteiger partial charge in [-0.2, -0.15) is 0 Å². The molecule has 0 spiro atoms. The zero-order valence-electron chi connectivity index (χ0n) is 11.3. The molecule has 1 aliphatic heterocycles. The quantitative estimate of drug-likeness (QED) is 0.898. The Morgan fingerprint density at radius 1 is 1.40 bits per heavy atom. The van der Waals surface area contributed by atoms with E-state index in [1.54, 1.807) is 6.20 Å². The van der Waals surface area contributed by atoms with Crippen LogP contribution in [-0.2, 0) is 4.79 Å². The van der Waals surface area contributed by atoms with Crippen LogP contribution in [0.25, 0.3) is 11.3 Å². The minimum Gasteiger partial charge on any atom is -0.444 e. The number of aromatic nitrogens is 1. The number of nitrogens with one attached hydrogen (secondary N) is 2. The summed E-state index contributed by atoms with van der Waals surface area (Å²) >= 11 is 0. The van der Waals surface area contributed by atoms with Gasteiger partial charge in [0.15, 0.2) is 12.2 Å². The first-order valence-corrected chi connectivity index (χ1v) is 6.77. The smallest absolute Gasteiger partial charge is 0.241 e. The van der Waals surface area contributed by atoms with Crippen LogP contribution in [0.15, 0.2) is 41.3 Å². The third kappa shape index (κ3) is 2.58. The standard InChI is InChI=1S/C15H17N3O2/c1-10-6-7-17-14(10)15(19)18-12-4-2-11(3-5-12)13-8-16-9-20-13/h2-5,8-10,14,17H,6-7H2,1H3,(H,18,19). The number of carbonyl (C=O) groups is 1. The van der Waals surface area contributed by atoms with Crippen molar-refractivity contribution in [3.05, 3.63) is 36.9 Å². The molecule has 2 unspecified atom stereocenters. The summed E-state index contributed by atoms with van der Waals surface area (Å²) in [6.45, 7) is 3.00. The number of oxazole rings is 1. The molecule has 1 amide bonds. The van der Waals surface area contributed by atoms with Crippen molar-refractivity contribution < 1.29 is 9.21 Å². The van der Waals surface area contributed by atoms with Crippen molar-refractivity contribution in [3.63, 3.8) is 0 Å². The molecule has 0 bridgehead atoms. The van der Waals surface area contributed by atoms with E-state index in [4.69, 9.17) is 4.42 Å². The zero-order valence-corrected chi connectivity index (χ0v) is 11.3. The third-order valence-corrected chi connectivity index (χ3v) is 3.68. The summed E-state index contributed by atoms with van der Waals surface area (Å²) in [5.41, 5.74) is 1.73. The second-order valence-corrected chi connectivity index (χ2v) is 5.13. The van der Waals surface area contributed by atoms with Crippen LogP contribution in [0, 0.1) is 5.92 Å². The molecule has 1 aliphatic rings. The summed E-state index contributed by atoms with van der Waals surface area (Å²) in [5.74, 6) is 1.12. The van der Waals surface area contributed by atoms with Crippen LogP contribution in [0.3, 0.4) is 0 Å². The largest absolute Gasteiger partial charge is 0.444 e. The number of anilines is 1. The minimum absolute atomic E-state index is 0.0300. The monoisotopic (exact) mass is 271 g/mol. The van der Waals surface area contributed by atoms with Gasteiger partial charge < -0.3 is 15.1 Å². The SMILES string of the molecule is CC1CCNC1C(=O)Nc1ccc(-c2cnco2)cc1. The molecule has 1 aromatic carbocycles. The van der Waals surface area contributed by atoms with Gasteiger partial charge in [-0.05, 0) is 43.1 Å². The maximum Gasteiger partial charge on any atom is 0.241 e. The van der Waals surface area contributed by atoms with Gasteiger partial charge in [0.05, 0.1) is 12.2 Å². The average molecular weight is 271 g/mol. The predicted molar refractivity (Wildman–Crippen MR) is 76.1 cm³/mol. The Hall–Kier alpha value is -2.14. The summed E-state index contributed by atoms with van der Waals surface area (Å²) < 4.78 is 5.23. The molecule has 1 aromatic heterocycles. The molecule has 2 aromatic rings. The van der Waals surface area contributed by atoms with E-state index in [2.05, 4.69) is 22.5 Å². The molecule has 5 heteroatoms. The summed E-state index contributed by atoms with van der Waals surface area (Å²) in [7, 11) is 0. The fourth-order valence-corrected chi connectivity index (χ4v) is 2.48. The van der Waals surface area contributed by atoms with Crippen LogP contribution >= 0.6 is 0 Å². The summed E-state index contributed by atoms with van der Waals surface area (Å²) in [6, 6.07) is 7.46. The van der Waals surface area contributed by atoms with Crippen molar-refractivity contribution in [2.45, 2.75) is 19.4 Å². The third-order valence-electron chi connectivity index (χ3n) is 3.68. The van der Waals surface area contributed by atoms with Crippen LogP contribution in [0.2, 0.25) is 0 Å². The van der Waals surface area contributed by atoms with Gasteiger partial charge >= 0.3 is 0 Å². The van der Waals surface area contributed by atoms with Crippen molar-refractivity contribution in [2.75, 3.05) is 11.9 Å². The van der Waals surface area contributed by atoms with E-state index in [-0.39, 0.29) is 11.9 Å². The van der Waals surface area contributed by atoms with Crippen LogP contribution < -0.4 is 10.6 Å². The lowest BCUT2D eigenvalue weighted by atomic mass is 10.0. The van der Waals surface area contributed by atoms with Crippen molar-refractivity contribution in [1.29, 1.82) is 0 Å². The number of nitrogens with zero attached hydrogens (tertiary/aromatic N) is 1. The van der Waals surface area contributed by atoms with E-state index in [1.165, 1.54) is 6.39 Å². The van der Waals surface area contributed by atoms with Gasteiger partial charge in [-0.25, -0.2) is 4.98 Å². The molecule has 5 nitrogen and oxygen atoms in total. The Morgan fingerprint density at radius 3 is 2.80 bits per heavy atom. The number of benzene rings is 1. The number of carbonyl (C=O) groups excluding carboxylic acids is 1. The molecule has 20 heavy (non-hydrogen) atoms. The molecule has 3 rings (SSSR count). The highest BCUT2D eigenvalue weighted by atomic mass is 16.3. The first-order valence-electron chi connectivity index (χ1n) is 6.77. The molecule has 2 heterocycles. The Kier molecular flexibility index (Phi) is 3.52. The van der Waals surface area contributed by atoms with Gasteiger partial charge in [0.1, 0.15) is 0 Å². The molecule has 1 fully saturated rings. The van der Waals surface area contributed by atoms with E-state index >= 15 is 0 Å². The maximum atomic E-state index is 12.1. The second kappa shape index (κ2) is 5.46. The summed E-state index contributed by atoms with van der Waals surface area (Å²) in [5, 5.41) is 6.16. The number of amides is 1. The Balaban J connectivity index is 1.68. The molecule has 0 saturated carbocycles.